The summed E-state index contributed by atoms with van der Waals surface area (Å²) in [5.74, 6) is 0. The molecule has 0 unspecified atom stereocenters. The maximum atomic E-state index is 9.01. The Labute approximate surface area is 120 Å². The molecule has 0 spiro atoms. The molecule has 0 saturated heterocycles. The second kappa shape index (κ2) is 4.98. The summed E-state index contributed by atoms with van der Waals surface area (Å²) >= 11 is 0. The van der Waals surface area contributed by atoms with Gasteiger partial charge < -0.3 is 15.0 Å². The first-order valence-corrected chi connectivity index (χ1v) is 7.30. The van der Waals surface area contributed by atoms with Gasteiger partial charge in [0, 0.05) is 36.7 Å². The number of nitrogens with one attached hydrogen (secondary N) is 1. The highest BCUT2D eigenvalue weighted by Gasteiger charge is 2.35. The number of aliphatic hydroxyl groups is 1. The molecule has 2 aromatic rings. The van der Waals surface area contributed by atoms with Crippen LogP contribution in [0.2, 0.25) is 0 Å². The van der Waals surface area contributed by atoms with Gasteiger partial charge in [0.1, 0.15) is 0 Å². The van der Waals surface area contributed by atoms with Crippen LogP contribution >= 0.6 is 0 Å². The summed E-state index contributed by atoms with van der Waals surface area (Å²) < 4.78 is 2.21. The molecular formula is C17H22N2O. The van der Waals surface area contributed by atoms with Gasteiger partial charge in [0.05, 0.1) is 11.2 Å². The standard InChI is InChI=1S/C17H22N2O/c1-17(10-5-6-12-20)14-9-11-19(2)16(14)13-7-3-4-8-15(13)18-17/h3-4,7-9,11,18,20H,5-6,10,12H2,1-2H3/t17-/m1/s1. The Balaban J connectivity index is 2.04. The quantitative estimate of drug-likeness (QED) is 0.834. The van der Waals surface area contributed by atoms with Crippen LogP contribution in [0, 0.1) is 0 Å². The predicted octanol–water partition coefficient (Wildman–Crippen LogP) is 3.50. The molecule has 3 heteroatoms. The van der Waals surface area contributed by atoms with Gasteiger partial charge in [0.15, 0.2) is 0 Å². The van der Waals surface area contributed by atoms with Crippen molar-refractivity contribution in [2.75, 3.05) is 11.9 Å². The van der Waals surface area contributed by atoms with Crippen molar-refractivity contribution in [3.8, 4) is 11.3 Å². The molecule has 106 valence electrons. The fourth-order valence-electron chi connectivity index (χ4n) is 3.26. The number of para-hydroxylation sites is 1. The number of aromatic nitrogens is 1. The van der Waals surface area contributed by atoms with E-state index in [1.54, 1.807) is 0 Å². The highest BCUT2D eigenvalue weighted by atomic mass is 16.2. The molecular weight excluding hydrogens is 248 g/mol. The van der Waals surface area contributed by atoms with Crippen LogP contribution in [0.15, 0.2) is 36.5 Å². The number of anilines is 1. The number of hydrogen-bond donors (Lipinski definition) is 2. The molecule has 0 fully saturated rings. The number of aryl methyl sites for hydroxylation is 1. The number of unbranched alkanes of at least 4 members (excludes halogenated alkanes) is 1. The molecule has 3 rings (SSSR count). The van der Waals surface area contributed by atoms with Gasteiger partial charge in [-0.3, -0.25) is 0 Å². The van der Waals surface area contributed by atoms with E-state index < -0.39 is 0 Å². The zero-order valence-corrected chi connectivity index (χ0v) is 12.2. The second-order valence-corrected chi connectivity index (χ2v) is 5.87. The molecule has 3 nitrogen and oxygen atoms in total. The van der Waals surface area contributed by atoms with E-state index in [9.17, 15) is 0 Å². The zero-order valence-electron chi connectivity index (χ0n) is 12.2. The summed E-state index contributed by atoms with van der Waals surface area (Å²) in [6.45, 7) is 2.54. The van der Waals surface area contributed by atoms with Crippen molar-refractivity contribution >= 4 is 5.69 Å². The summed E-state index contributed by atoms with van der Waals surface area (Å²) in [6, 6.07) is 10.7. The van der Waals surface area contributed by atoms with Crippen molar-refractivity contribution < 1.29 is 5.11 Å². The van der Waals surface area contributed by atoms with Crippen LogP contribution < -0.4 is 5.32 Å². The van der Waals surface area contributed by atoms with Gasteiger partial charge in [-0.2, -0.15) is 0 Å². The highest BCUT2D eigenvalue weighted by Crippen LogP contribution is 2.45. The molecule has 1 aromatic heterocycles. The lowest BCUT2D eigenvalue weighted by Crippen LogP contribution is -2.35. The normalized spacial score (nSPS) is 20.1. The summed E-state index contributed by atoms with van der Waals surface area (Å²) in [5, 5.41) is 12.7. The molecule has 0 bridgehead atoms. The lowest BCUT2D eigenvalue weighted by atomic mass is 9.81. The van der Waals surface area contributed by atoms with E-state index in [1.165, 1.54) is 22.5 Å². The summed E-state index contributed by atoms with van der Waals surface area (Å²) in [7, 11) is 2.11. The number of nitrogens with zero attached hydrogens (tertiary/aromatic N) is 1. The van der Waals surface area contributed by atoms with Gasteiger partial charge in [-0.25, -0.2) is 0 Å². The highest BCUT2D eigenvalue weighted by molar-refractivity contribution is 5.83. The first kappa shape index (κ1) is 13.3. The minimum absolute atomic E-state index is 0.0554. The fraction of sp³-hybridized carbons (Fsp3) is 0.412. The zero-order chi connectivity index (χ0) is 14.2. The summed E-state index contributed by atoms with van der Waals surface area (Å²) in [4.78, 5) is 0. The Bertz CT molecular complexity index is 617. The smallest absolute Gasteiger partial charge is 0.0618 e. The van der Waals surface area contributed by atoms with E-state index in [4.69, 9.17) is 5.11 Å². The molecule has 2 heterocycles. The SMILES string of the molecule is Cn1ccc2c1-c1ccccc1N[C@]2(C)CCCCO. The van der Waals surface area contributed by atoms with Gasteiger partial charge in [-0.1, -0.05) is 18.2 Å². The Morgan fingerprint density at radius 1 is 1.20 bits per heavy atom. The lowest BCUT2D eigenvalue weighted by Gasteiger charge is -2.38. The van der Waals surface area contributed by atoms with Crippen LogP contribution in [0.4, 0.5) is 5.69 Å². The molecule has 1 aliphatic rings. The monoisotopic (exact) mass is 270 g/mol. The van der Waals surface area contributed by atoms with E-state index >= 15 is 0 Å². The van der Waals surface area contributed by atoms with E-state index in [2.05, 4.69) is 60.4 Å². The van der Waals surface area contributed by atoms with Gasteiger partial charge in [0.25, 0.3) is 0 Å². The van der Waals surface area contributed by atoms with Crippen LogP contribution in [0.5, 0.6) is 0 Å². The molecule has 1 atom stereocenters. The van der Waals surface area contributed by atoms with Crippen molar-refractivity contribution in [2.45, 2.75) is 31.7 Å². The molecule has 0 amide bonds. The van der Waals surface area contributed by atoms with E-state index in [0.29, 0.717) is 0 Å². The van der Waals surface area contributed by atoms with Crippen molar-refractivity contribution in [1.82, 2.24) is 4.57 Å². The Morgan fingerprint density at radius 3 is 2.80 bits per heavy atom. The van der Waals surface area contributed by atoms with Crippen molar-refractivity contribution in [2.24, 2.45) is 7.05 Å². The largest absolute Gasteiger partial charge is 0.396 e. The second-order valence-electron chi connectivity index (χ2n) is 5.87. The van der Waals surface area contributed by atoms with Crippen molar-refractivity contribution in [1.29, 1.82) is 0 Å². The first-order valence-electron chi connectivity index (χ1n) is 7.30. The van der Waals surface area contributed by atoms with E-state index in [-0.39, 0.29) is 12.1 Å². The summed E-state index contributed by atoms with van der Waals surface area (Å²) in [6.07, 6.45) is 5.05. The molecule has 0 aliphatic carbocycles. The Morgan fingerprint density at radius 2 is 2.00 bits per heavy atom. The fourth-order valence-corrected chi connectivity index (χ4v) is 3.26. The van der Waals surface area contributed by atoms with Crippen LogP contribution in [0.25, 0.3) is 11.3 Å². The van der Waals surface area contributed by atoms with Gasteiger partial charge >= 0.3 is 0 Å². The molecule has 0 saturated carbocycles. The van der Waals surface area contributed by atoms with E-state index in [0.717, 1.165) is 19.3 Å². The third-order valence-corrected chi connectivity index (χ3v) is 4.34. The maximum absolute atomic E-state index is 9.01. The summed E-state index contributed by atoms with van der Waals surface area (Å²) in [5.41, 5.74) is 5.09. The van der Waals surface area contributed by atoms with Crippen LogP contribution in [-0.2, 0) is 12.6 Å². The maximum Gasteiger partial charge on any atom is 0.0618 e. The first-order chi connectivity index (χ1) is 9.65. The van der Waals surface area contributed by atoms with Crippen molar-refractivity contribution in [3.05, 3.63) is 42.1 Å². The van der Waals surface area contributed by atoms with Crippen LogP contribution in [0.3, 0.4) is 0 Å². The number of benzene rings is 1. The predicted molar refractivity (Wildman–Crippen MR) is 82.8 cm³/mol. The van der Waals surface area contributed by atoms with E-state index in [1.807, 2.05) is 0 Å². The average Bonchev–Trinajstić information content (AvgIpc) is 2.83. The molecule has 1 aliphatic heterocycles. The van der Waals surface area contributed by atoms with Gasteiger partial charge in [-0.15, -0.1) is 0 Å². The molecule has 0 radical (unpaired) electrons. The number of fused-ring (bicyclic) bond motifs is 3. The Kier molecular flexibility index (Phi) is 3.30. The number of rotatable bonds is 4. The Hall–Kier alpha value is -1.74. The minimum Gasteiger partial charge on any atom is -0.396 e. The van der Waals surface area contributed by atoms with Gasteiger partial charge in [0.2, 0.25) is 0 Å². The number of aliphatic hydroxyl groups excluding tert-OH is 1. The topological polar surface area (TPSA) is 37.2 Å². The third-order valence-electron chi connectivity index (χ3n) is 4.34. The molecule has 1 aromatic carbocycles. The molecule has 20 heavy (non-hydrogen) atoms. The minimum atomic E-state index is -0.0554. The third kappa shape index (κ3) is 2.02. The van der Waals surface area contributed by atoms with Crippen LogP contribution in [0.1, 0.15) is 31.7 Å². The lowest BCUT2D eigenvalue weighted by molar-refractivity contribution is 0.277. The molecule has 2 N–H and O–H groups in total. The van der Waals surface area contributed by atoms with Gasteiger partial charge in [-0.05, 0) is 38.3 Å². The average molecular weight is 270 g/mol. The number of hydrogen-bond acceptors (Lipinski definition) is 2. The van der Waals surface area contributed by atoms with Crippen LogP contribution in [-0.4, -0.2) is 16.3 Å². The van der Waals surface area contributed by atoms with Crippen molar-refractivity contribution in [3.63, 3.8) is 0 Å².